The third kappa shape index (κ3) is 19.2. The van der Waals surface area contributed by atoms with Crippen molar-refractivity contribution >= 4 is 17.2 Å². The number of hydrogen-bond donors (Lipinski definition) is 6. The summed E-state index contributed by atoms with van der Waals surface area (Å²) in [5, 5.41) is 0. The van der Waals surface area contributed by atoms with Crippen LogP contribution in [-0.2, 0) is 10.3 Å². The van der Waals surface area contributed by atoms with Gasteiger partial charge in [-0.1, -0.05) is 287 Å². The molecule has 0 heterocycles. The first kappa shape index (κ1) is 71.7. The largest absolute Gasteiger partial charge is 0.491 e. The van der Waals surface area contributed by atoms with Crippen LogP contribution in [0.5, 0.6) is 11.5 Å². The molecule has 8 aromatic rings. The summed E-state index contributed by atoms with van der Waals surface area (Å²) in [7, 11) is -5.24. The summed E-state index contributed by atoms with van der Waals surface area (Å²) in [4.78, 5) is 43.4. The summed E-state index contributed by atoms with van der Waals surface area (Å²) in [6, 6.07) is 74.4. The van der Waals surface area contributed by atoms with E-state index < -0.39 is 22.8 Å². The fraction of sp³-hybridized carbons (Fsp3) is 0.429. The van der Waals surface area contributed by atoms with Crippen LogP contribution < -0.4 is 9.47 Å². The van der Waals surface area contributed by atoms with E-state index in [0.717, 1.165) is 11.5 Å². The van der Waals surface area contributed by atoms with Crippen LogP contribution in [0.1, 0.15) is 281 Å². The van der Waals surface area contributed by atoms with Crippen LogP contribution in [0.4, 0.5) is 0 Å². The zero-order valence-electron chi connectivity index (χ0n) is 56.7. The lowest BCUT2D eigenvalue weighted by Gasteiger charge is -2.41. The van der Waals surface area contributed by atoms with Crippen LogP contribution in [0.25, 0.3) is 0 Å². The molecule has 4 saturated carbocycles. The second kappa shape index (κ2) is 36.0. The Hall–Kier alpha value is -6.06. The van der Waals surface area contributed by atoms with E-state index >= 15 is 0 Å². The lowest BCUT2D eigenvalue weighted by Crippen LogP contribution is -2.42. The molecule has 0 aromatic heterocycles. The molecule has 9 nitrogen and oxygen atoms in total. The first-order chi connectivity index (χ1) is 46.3. The number of ether oxygens (including phenoxy) is 3. The van der Waals surface area contributed by atoms with Crippen LogP contribution in [0.3, 0.4) is 0 Å². The number of benzene rings is 8. The van der Waals surface area contributed by atoms with Crippen molar-refractivity contribution in [2.24, 2.45) is 0 Å². The van der Waals surface area contributed by atoms with Crippen molar-refractivity contribution in [3.63, 3.8) is 0 Å². The monoisotopic (exact) mass is 1320 g/mol. The molecule has 0 saturated heterocycles. The predicted molar refractivity (Wildman–Crippen MR) is 390 cm³/mol. The van der Waals surface area contributed by atoms with Gasteiger partial charge < -0.3 is 43.6 Å². The molecule has 4 aliphatic rings. The Morgan fingerprint density at radius 1 is 0.337 bits per heavy atom. The highest BCUT2D eigenvalue weighted by Gasteiger charge is 2.44. The molecule has 11 heteroatoms. The average Bonchev–Trinajstić information content (AvgIpc) is 0.734. The molecule has 6 N–H and O–H groups in total. The van der Waals surface area contributed by atoms with E-state index in [1.165, 1.54) is 206 Å². The van der Waals surface area contributed by atoms with E-state index in [1.54, 1.807) is 0 Å². The molecule has 4 fully saturated rings. The summed E-state index contributed by atoms with van der Waals surface area (Å²) in [5.41, 5.74) is 17.4. The number of hydrogen-bond acceptors (Lipinski definition) is 9. The molecule has 4 unspecified atom stereocenters. The minimum atomic E-state index is -2.62. The quantitative estimate of drug-likeness (QED) is 0.0288. The first-order valence-corrected chi connectivity index (χ1v) is 38.1. The van der Waals surface area contributed by atoms with Crippen molar-refractivity contribution in [1.29, 1.82) is 0 Å². The van der Waals surface area contributed by atoms with Gasteiger partial charge in [0.25, 0.3) is 0 Å². The van der Waals surface area contributed by atoms with Crippen LogP contribution >= 0.6 is 17.2 Å². The summed E-state index contributed by atoms with van der Waals surface area (Å²) >= 11 is 0. The van der Waals surface area contributed by atoms with Gasteiger partial charge in [-0.3, -0.25) is 0 Å². The zero-order valence-corrected chi connectivity index (χ0v) is 58.4. The lowest BCUT2D eigenvalue weighted by atomic mass is 9.72. The Labute approximate surface area is 570 Å². The van der Waals surface area contributed by atoms with E-state index in [2.05, 4.69) is 222 Å². The summed E-state index contributed by atoms with van der Waals surface area (Å²) in [6.45, 7) is 10.7. The Kier molecular flexibility index (Phi) is 27.1. The summed E-state index contributed by atoms with van der Waals surface area (Å²) in [6.07, 6.45) is 25.5. The summed E-state index contributed by atoms with van der Waals surface area (Å²) in [5.74, 6) is 4.43. The van der Waals surface area contributed by atoms with Crippen molar-refractivity contribution < 1.29 is 43.6 Å². The predicted octanol–water partition coefficient (Wildman–Crippen LogP) is 21.3. The minimum absolute atomic E-state index is 0.0607. The van der Waals surface area contributed by atoms with E-state index in [-0.39, 0.29) is 30.3 Å². The van der Waals surface area contributed by atoms with Crippen LogP contribution in [-0.4, -0.2) is 49.2 Å². The molecule has 4 aliphatic carbocycles. The molecular weight excluding hydrogens is 1210 g/mol. The molecule has 504 valence electrons. The normalized spacial score (nSPS) is 17.9. The van der Waals surface area contributed by atoms with Crippen LogP contribution in [0, 0.1) is 0 Å². The second-order valence-corrected chi connectivity index (χ2v) is 28.6. The lowest BCUT2D eigenvalue weighted by molar-refractivity contribution is -0.0138. The van der Waals surface area contributed by atoms with Crippen molar-refractivity contribution in [3.8, 4) is 11.5 Å². The molecule has 0 radical (unpaired) electrons. The maximum atomic E-state index is 8.58. The van der Waals surface area contributed by atoms with Gasteiger partial charge in [0.05, 0.1) is 13.2 Å². The molecule has 0 spiro atoms. The Bertz CT molecular complexity index is 3440. The van der Waals surface area contributed by atoms with Gasteiger partial charge in [-0.2, -0.15) is 0 Å². The second-order valence-electron chi connectivity index (χ2n) is 27.5. The molecule has 4 atom stereocenters. The van der Waals surface area contributed by atoms with Crippen LogP contribution in [0.15, 0.2) is 194 Å². The van der Waals surface area contributed by atoms with Crippen molar-refractivity contribution in [2.45, 2.75) is 209 Å². The van der Waals surface area contributed by atoms with E-state index in [9.17, 15) is 0 Å². The van der Waals surface area contributed by atoms with E-state index in [0.29, 0.717) is 36.9 Å². The standard InChI is InChI=1S/C84H98O3.2H3O3P/c1-60(64-29-13-5-14-30-64)76-55-72(68-37-21-9-22-38-68)45-49-80(76)84(81-50-46-73(69-39-23-10-24-40-69)56-77(81)61(2)65-31-15-6-16-32-65,87-83-52-48-75(71-43-27-12-28-44-71)58-79(83)63(4)67-35-19-8-20-36-67)59-85-53-54-86-82-51-47-74(70-41-25-11-26-42-70)57-78(82)62(3)66-33-17-7-18-34-66;2*1-4(2)3/h5-8,13-20,29-36,45-52,55-58,60-63,68-71H,9-12,21-28,37-44,53-54,59H2,1-4H3;2*1-3H. The average molecular weight is 1320 g/mol. The van der Waals surface area contributed by atoms with E-state index in [4.69, 9.17) is 43.6 Å². The van der Waals surface area contributed by atoms with Gasteiger partial charge in [-0.25, -0.2) is 0 Å². The van der Waals surface area contributed by atoms with Gasteiger partial charge in [-0.15, -0.1) is 0 Å². The maximum Gasteiger partial charge on any atom is 0.324 e. The smallest absolute Gasteiger partial charge is 0.324 e. The van der Waals surface area contributed by atoms with Gasteiger partial charge in [-0.05, 0) is 143 Å². The fourth-order valence-corrected chi connectivity index (χ4v) is 16.1. The number of rotatable bonds is 22. The third-order valence-electron chi connectivity index (χ3n) is 21.5. The van der Waals surface area contributed by atoms with Gasteiger partial charge in [0.15, 0.2) is 5.60 Å². The molecule has 0 aliphatic heterocycles. The van der Waals surface area contributed by atoms with Gasteiger partial charge in [0.1, 0.15) is 18.1 Å². The first-order valence-electron chi connectivity index (χ1n) is 35.7. The minimum Gasteiger partial charge on any atom is -0.491 e. The van der Waals surface area contributed by atoms with E-state index in [1.807, 2.05) is 0 Å². The highest BCUT2D eigenvalue weighted by Crippen LogP contribution is 2.50. The Morgan fingerprint density at radius 2 is 0.611 bits per heavy atom. The third-order valence-corrected chi connectivity index (χ3v) is 21.5. The Morgan fingerprint density at radius 3 is 0.937 bits per heavy atom. The van der Waals surface area contributed by atoms with Gasteiger partial charge in [0, 0.05) is 45.9 Å². The molecule has 95 heavy (non-hydrogen) atoms. The molecule has 12 rings (SSSR count). The van der Waals surface area contributed by atoms with Gasteiger partial charge in [0.2, 0.25) is 0 Å². The SMILES string of the molecule is CC(c1ccccc1)c1cc(C2CCCCC2)ccc1OCCOCC(Oc1ccc(C2CCCCC2)cc1C(C)c1ccccc1)(c1ccc(C2CCCCC2)cc1C(C)c1ccccc1)c1ccc(C2CCCCC2)cc1C(C)c1ccccc1.OP(O)O.OP(O)O. The fourth-order valence-electron chi connectivity index (χ4n) is 16.1. The molecule has 0 amide bonds. The maximum absolute atomic E-state index is 8.58. The topological polar surface area (TPSA) is 149 Å². The molecule has 8 aromatic carbocycles. The highest BCUT2D eigenvalue weighted by molar-refractivity contribution is 7.38. The highest BCUT2D eigenvalue weighted by atomic mass is 31.2. The van der Waals surface area contributed by atoms with Crippen molar-refractivity contribution in [1.82, 2.24) is 0 Å². The zero-order chi connectivity index (χ0) is 66.5. The Balaban J connectivity index is 0.00000116. The van der Waals surface area contributed by atoms with Crippen LogP contribution in [0.2, 0.25) is 0 Å². The molecule has 0 bridgehead atoms. The summed E-state index contributed by atoms with van der Waals surface area (Å²) < 4.78 is 23.2. The van der Waals surface area contributed by atoms with Gasteiger partial charge >= 0.3 is 17.2 Å². The molecular formula is C84H104O9P2. The van der Waals surface area contributed by atoms with Crippen molar-refractivity contribution in [2.75, 3.05) is 19.8 Å². The van der Waals surface area contributed by atoms with Crippen molar-refractivity contribution in [3.05, 3.63) is 272 Å².